The first-order valence-electron chi connectivity index (χ1n) is 6.11. The minimum atomic E-state index is -0.394. The van der Waals surface area contributed by atoms with Crippen LogP contribution in [0.15, 0.2) is 42.5 Å². The molecule has 0 unspecified atom stereocenters. The molecule has 0 aliphatic rings. The average Bonchev–Trinajstić information content (AvgIpc) is 2.42. The Kier molecular flexibility index (Phi) is 3.07. The van der Waals surface area contributed by atoms with Gasteiger partial charge in [0.05, 0.1) is 11.2 Å². The van der Waals surface area contributed by atoms with Gasteiger partial charge in [0.15, 0.2) is 0 Å². The minimum Gasteiger partial charge on any atom is -0.505 e. The molecule has 100 valence electrons. The monoisotopic (exact) mass is 287 g/mol. The van der Waals surface area contributed by atoms with E-state index in [9.17, 15) is 9.50 Å². The normalized spacial score (nSPS) is 10.9. The zero-order valence-corrected chi connectivity index (χ0v) is 11.4. The molecule has 0 aliphatic heterocycles. The molecule has 0 spiro atoms. The predicted octanol–water partition coefficient (Wildman–Crippen LogP) is 4.71. The average molecular weight is 288 g/mol. The van der Waals surface area contributed by atoms with Crippen molar-refractivity contribution in [3.8, 4) is 16.9 Å². The number of pyridine rings is 1. The van der Waals surface area contributed by atoms with Gasteiger partial charge in [-0.1, -0.05) is 29.8 Å². The van der Waals surface area contributed by atoms with Gasteiger partial charge >= 0.3 is 0 Å². The van der Waals surface area contributed by atoms with Crippen molar-refractivity contribution in [2.45, 2.75) is 6.92 Å². The summed E-state index contributed by atoms with van der Waals surface area (Å²) in [5.41, 5.74) is 1.89. The molecule has 0 fully saturated rings. The molecule has 1 heterocycles. The van der Waals surface area contributed by atoms with Gasteiger partial charge < -0.3 is 5.11 Å². The lowest BCUT2D eigenvalue weighted by Crippen LogP contribution is -1.92. The molecule has 0 atom stereocenters. The first kappa shape index (κ1) is 12.9. The van der Waals surface area contributed by atoms with E-state index in [0.717, 1.165) is 0 Å². The summed E-state index contributed by atoms with van der Waals surface area (Å²) in [5, 5.41) is 11.4. The first-order valence-corrected chi connectivity index (χ1v) is 6.49. The molecule has 0 bridgehead atoms. The molecule has 2 nitrogen and oxygen atoms in total. The van der Waals surface area contributed by atoms with E-state index in [1.165, 1.54) is 6.07 Å². The van der Waals surface area contributed by atoms with Crippen LogP contribution in [-0.4, -0.2) is 10.1 Å². The maximum absolute atomic E-state index is 14.1. The van der Waals surface area contributed by atoms with Crippen molar-refractivity contribution in [2.24, 2.45) is 0 Å². The second-order valence-corrected chi connectivity index (χ2v) is 5.00. The second kappa shape index (κ2) is 4.76. The van der Waals surface area contributed by atoms with Crippen LogP contribution in [0.1, 0.15) is 5.69 Å². The lowest BCUT2D eigenvalue weighted by atomic mass is 9.98. The summed E-state index contributed by atoms with van der Waals surface area (Å²) in [5.74, 6) is -0.417. The maximum atomic E-state index is 14.1. The first-order chi connectivity index (χ1) is 9.58. The Balaban J connectivity index is 2.47. The van der Waals surface area contributed by atoms with Crippen LogP contribution in [-0.2, 0) is 0 Å². The van der Waals surface area contributed by atoms with Crippen LogP contribution in [0, 0.1) is 12.7 Å². The molecule has 2 aromatic carbocycles. The summed E-state index contributed by atoms with van der Waals surface area (Å²) >= 11 is 6.01. The van der Waals surface area contributed by atoms with E-state index < -0.39 is 5.82 Å². The van der Waals surface area contributed by atoms with Gasteiger partial charge in [-0.25, -0.2) is 9.37 Å². The summed E-state index contributed by atoms with van der Waals surface area (Å²) in [6, 6.07) is 11.5. The molecule has 1 N–H and O–H groups in total. The Morgan fingerprint density at radius 1 is 1.15 bits per heavy atom. The van der Waals surface area contributed by atoms with Crippen molar-refractivity contribution >= 4 is 22.5 Å². The zero-order valence-electron chi connectivity index (χ0n) is 10.7. The Hall–Kier alpha value is -2.13. The number of fused-ring (bicyclic) bond motifs is 1. The van der Waals surface area contributed by atoms with E-state index in [4.69, 9.17) is 11.6 Å². The van der Waals surface area contributed by atoms with E-state index in [1.807, 2.05) is 0 Å². The quantitative estimate of drug-likeness (QED) is 0.703. The Bertz CT molecular complexity index is 817. The fourth-order valence-corrected chi connectivity index (χ4v) is 2.46. The number of aromatic nitrogens is 1. The highest BCUT2D eigenvalue weighted by atomic mass is 35.5. The Labute approximate surface area is 120 Å². The summed E-state index contributed by atoms with van der Waals surface area (Å²) in [7, 11) is 0. The van der Waals surface area contributed by atoms with Crippen molar-refractivity contribution in [3.63, 3.8) is 0 Å². The highest BCUT2D eigenvalue weighted by molar-refractivity contribution is 6.31. The van der Waals surface area contributed by atoms with Crippen molar-refractivity contribution < 1.29 is 9.50 Å². The number of aromatic hydroxyl groups is 1. The molecule has 0 saturated heterocycles. The summed E-state index contributed by atoms with van der Waals surface area (Å²) < 4.78 is 14.1. The van der Waals surface area contributed by atoms with E-state index >= 15 is 0 Å². The largest absolute Gasteiger partial charge is 0.505 e. The van der Waals surface area contributed by atoms with E-state index in [2.05, 4.69) is 4.98 Å². The van der Waals surface area contributed by atoms with E-state index in [1.54, 1.807) is 43.3 Å². The molecule has 3 aromatic rings. The van der Waals surface area contributed by atoms with Crippen LogP contribution in [0.4, 0.5) is 4.39 Å². The number of hydrogen-bond donors (Lipinski definition) is 1. The lowest BCUT2D eigenvalue weighted by Gasteiger charge is -2.12. The van der Waals surface area contributed by atoms with Gasteiger partial charge in [0.25, 0.3) is 0 Å². The molecule has 0 saturated carbocycles. The van der Waals surface area contributed by atoms with Crippen LogP contribution in [0.5, 0.6) is 5.75 Å². The van der Waals surface area contributed by atoms with Crippen LogP contribution in [0.2, 0.25) is 5.02 Å². The van der Waals surface area contributed by atoms with Gasteiger partial charge in [0.2, 0.25) is 0 Å². The van der Waals surface area contributed by atoms with Gasteiger partial charge in [0.1, 0.15) is 11.6 Å². The topological polar surface area (TPSA) is 33.1 Å². The van der Waals surface area contributed by atoms with Gasteiger partial charge in [-0.15, -0.1) is 0 Å². The van der Waals surface area contributed by atoms with E-state index in [-0.39, 0.29) is 5.75 Å². The molecule has 4 heteroatoms. The third-order valence-corrected chi connectivity index (χ3v) is 3.47. The van der Waals surface area contributed by atoms with Crippen LogP contribution < -0.4 is 0 Å². The third-order valence-electron chi connectivity index (χ3n) is 3.24. The number of aryl methyl sites for hydroxylation is 1. The molecular formula is C16H11ClFNO. The van der Waals surface area contributed by atoms with Crippen molar-refractivity contribution in [1.82, 2.24) is 4.98 Å². The number of hydrogen-bond acceptors (Lipinski definition) is 2. The van der Waals surface area contributed by atoms with E-state index in [0.29, 0.717) is 32.7 Å². The Morgan fingerprint density at radius 2 is 1.90 bits per heavy atom. The molecular weight excluding hydrogens is 277 g/mol. The van der Waals surface area contributed by atoms with Gasteiger partial charge in [-0.2, -0.15) is 0 Å². The van der Waals surface area contributed by atoms with Crippen molar-refractivity contribution in [1.29, 1.82) is 0 Å². The van der Waals surface area contributed by atoms with Crippen LogP contribution in [0.25, 0.3) is 22.0 Å². The van der Waals surface area contributed by atoms with Crippen LogP contribution in [0.3, 0.4) is 0 Å². The number of benzene rings is 2. The minimum absolute atomic E-state index is 0.0233. The molecule has 20 heavy (non-hydrogen) atoms. The van der Waals surface area contributed by atoms with Gasteiger partial charge in [-0.3, -0.25) is 0 Å². The van der Waals surface area contributed by atoms with Gasteiger partial charge in [-0.05, 0) is 31.2 Å². The number of rotatable bonds is 1. The fourth-order valence-electron chi connectivity index (χ4n) is 2.28. The van der Waals surface area contributed by atoms with Crippen LogP contribution >= 0.6 is 11.6 Å². The van der Waals surface area contributed by atoms with Crippen molar-refractivity contribution in [2.75, 3.05) is 0 Å². The number of halogens is 2. The SMILES string of the molecule is Cc1nc2ccc(Cl)cc2c(-c2ccccc2F)c1O. The highest BCUT2D eigenvalue weighted by Gasteiger charge is 2.16. The van der Waals surface area contributed by atoms with Gasteiger partial charge in [0, 0.05) is 21.5 Å². The van der Waals surface area contributed by atoms with Crippen molar-refractivity contribution in [3.05, 3.63) is 59.0 Å². The summed E-state index contributed by atoms with van der Waals surface area (Å²) in [4.78, 5) is 4.30. The standard InChI is InChI=1S/C16H11ClFNO/c1-9-16(20)15(11-4-2-3-5-13(11)18)12-8-10(17)6-7-14(12)19-9/h2-8,20H,1H3. The maximum Gasteiger partial charge on any atom is 0.145 e. The summed E-state index contributed by atoms with van der Waals surface area (Å²) in [6.45, 7) is 1.69. The molecule has 0 radical (unpaired) electrons. The smallest absolute Gasteiger partial charge is 0.145 e. The molecule has 0 aliphatic carbocycles. The predicted molar refractivity (Wildman–Crippen MR) is 78.5 cm³/mol. The highest BCUT2D eigenvalue weighted by Crippen LogP contribution is 2.39. The zero-order chi connectivity index (χ0) is 14.3. The second-order valence-electron chi connectivity index (χ2n) is 4.56. The lowest BCUT2D eigenvalue weighted by molar-refractivity contribution is 0.470. The molecule has 1 aromatic heterocycles. The molecule has 0 amide bonds. The Morgan fingerprint density at radius 3 is 2.65 bits per heavy atom. The summed E-state index contributed by atoms with van der Waals surface area (Å²) in [6.07, 6.45) is 0. The number of nitrogens with zero attached hydrogens (tertiary/aromatic N) is 1. The molecule has 3 rings (SSSR count). The fraction of sp³-hybridized carbons (Fsp3) is 0.0625. The third kappa shape index (κ3) is 2.00.